The van der Waals surface area contributed by atoms with Gasteiger partial charge in [0.2, 0.25) is 5.54 Å². The Morgan fingerprint density at radius 1 is 0.628 bits per heavy atom. The first kappa shape index (κ1) is 21.2. The highest BCUT2D eigenvalue weighted by Crippen LogP contribution is 2.66. The van der Waals surface area contributed by atoms with Gasteiger partial charge in [-0.25, -0.2) is 4.57 Å². The zero-order chi connectivity index (χ0) is 27.8. The summed E-state index contributed by atoms with van der Waals surface area (Å²) in [4.78, 5) is 5.06. The van der Waals surface area contributed by atoms with E-state index in [0.29, 0.717) is 0 Å². The number of fused-ring (bicyclic) bond motifs is 8. The molecule has 2 aromatic heterocycles. The Kier molecular flexibility index (Phi) is 3.24. The summed E-state index contributed by atoms with van der Waals surface area (Å²) in [7, 11) is 2.26. The molecule has 0 N–H and O–H groups in total. The van der Waals surface area contributed by atoms with Crippen LogP contribution in [0.2, 0.25) is 0 Å². The monoisotopic (exact) mass is 551 g/mol. The van der Waals surface area contributed by atoms with Crippen molar-refractivity contribution in [2.24, 2.45) is 0 Å². The minimum atomic E-state index is -0.554. The zero-order valence-electron chi connectivity index (χ0n) is 23.2. The molecule has 2 atom stereocenters. The molecule has 7 heterocycles. The summed E-state index contributed by atoms with van der Waals surface area (Å²) in [5.41, 5.74) is 14.4. The number of anilines is 3. The average molecular weight is 552 g/mol. The van der Waals surface area contributed by atoms with E-state index in [1.165, 1.54) is 78.1 Å². The molecular formula is C38H23N4O+. The van der Waals surface area contributed by atoms with Crippen LogP contribution in [0.3, 0.4) is 0 Å². The third kappa shape index (κ3) is 1.99. The van der Waals surface area contributed by atoms with E-state index in [-0.39, 0.29) is 6.17 Å². The van der Waals surface area contributed by atoms with Crippen LogP contribution in [-0.2, 0) is 5.54 Å². The highest BCUT2D eigenvalue weighted by Gasteiger charge is 2.69. The van der Waals surface area contributed by atoms with Crippen molar-refractivity contribution in [3.05, 3.63) is 127 Å². The van der Waals surface area contributed by atoms with Gasteiger partial charge in [0.15, 0.2) is 11.9 Å². The number of ether oxygens (including phenoxy) is 1. The summed E-state index contributed by atoms with van der Waals surface area (Å²) in [5, 5.41) is 2.56. The normalized spacial score (nSPS) is 20.2. The molecule has 0 fully saturated rings. The van der Waals surface area contributed by atoms with E-state index < -0.39 is 5.54 Å². The number of aromatic nitrogens is 2. The number of hydrogen-bond acceptors (Lipinski definition) is 3. The van der Waals surface area contributed by atoms with Gasteiger partial charge in [-0.1, -0.05) is 54.6 Å². The Labute approximate surface area is 247 Å². The first-order chi connectivity index (χ1) is 21.3. The second-order valence-corrected chi connectivity index (χ2v) is 12.4. The molecule has 0 radical (unpaired) electrons. The van der Waals surface area contributed by atoms with Gasteiger partial charge in [-0.05, 0) is 65.7 Å². The molecule has 12 rings (SSSR count). The molecule has 0 amide bonds. The Hall–Kier alpha value is -5.55. The number of rotatable bonds is 0. The van der Waals surface area contributed by atoms with Crippen LogP contribution < -0.4 is 19.1 Å². The Morgan fingerprint density at radius 3 is 2.26 bits per heavy atom. The smallest absolute Gasteiger partial charge is 0.296 e. The van der Waals surface area contributed by atoms with E-state index in [1.807, 2.05) is 0 Å². The van der Waals surface area contributed by atoms with E-state index in [2.05, 4.69) is 141 Å². The topological polar surface area (TPSA) is 24.5 Å². The van der Waals surface area contributed by atoms with Crippen LogP contribution in [0.1, 0.15) is 11.1 Å². The lowest BCUT2D eigenvalue weighted by Gasteiger charge is -2.43. The third-order valence-electron chi connectivity index (χ3n) is 10.7. The number of pyridine rings is 1. The van der Waals surface area contributed by atoms with Gasteiger partial charge in [-0.15, -0.1) is 0 Å². The van der Waals surface area contributed by atoms with Crippen molar-refractivity contribution in [3.8, 4) is 39.4 Å². The fourth-order valence-electron chi connectivity index (χ4n) is 9.38. The van der Waals surface area contributed by atoms with Crippen molar-refractivity contribution in [1.82, 2.24) is 4.57 Å². The summed E-state index contributed by atoms with van der Waals surface area (Å²) in [6.45, 7) is 0. The lowest BCUT2D eigenvalue weighted by molar-refractivity contribution is -0.725. The summed E-state index contributed by atoms with van der Waals surface area (Å²) < 4.78 is 12.1. The van der Waals surface area contributed by atoms with Crippen molar-refractivity contribution in [1.29, 1.82) is 0 Å². The molecule has 5 heteroatoms. The first-order valence-corrected chi connectivity index (χ1v) is 15.0. The minimum Gasteiger partial charge on any atom is -0.456 e. The van der Waals surface area contributed by atoms with Gasteiger partial charge in [0.05, 0.1) is 39.8 Å². The predicted molar refractivity (Wildman–Crippen MR) is 169 cm³/mol. The van der Waals surface area contributed by atoms with Crippen molar-refractivity contribution in [3.63, 3.8) is 0 Å². The maximum Gasteiger partial charge on any atom is 0.296 e. The van der Waals surface area contributed by atoms with E-state index in [1.54, 1.807) is 0 Å². The molecule has 5 nitrogen and oxygen atoms in total. The van der Waals surface area contributed by atoms with Crippen LogP contribution in [-0.4, -0.2) is 17.8 Å². The van der Waals surface area contributed by atoms with E-state index in [4.69, 9.17) is 4.74 Å². The molecule has 0 saturated carbocycles. The van der Waals surface area contributed by atoms with Gasteiger partial charge in [-0.2, -0.15) is 4.57 Å². The molecule has 0 bridgehead atoms. The molecule has 7 aromatic rings. The van der Waals surface area contributed by atoms with Crippen LogP contribution in [0, 0.1) is 0 Å². The fourth-order valence-corrected chi connectivity index (χ4v) is 9.38. The highest BCUT2D eigenvalue weighted by molar-refractivity contribution is 6.15. The minimum absolute atomic E-state index is 0.0180. The van der Waals surface area contributed by atoms with Gasteiger partial charge < -0.3 is 14.5 Å². The van der Waals surface area contributed by atoms with Crippen molar-refractivity contribution in [2.45, 2.75) is 11.7 Å². The lowest BCUT2D eigenvalue weighted by Crippen LogP contribution is -2.70. The molecule has 5 aliphatic rings. The number of para-hydroxylation sites is 3. The number of nitrogens with zero attached hydrogens (tertiary/aromatic N) is 4. The molecule has 5 aliphatic heterocycles. The zero-order valence-corrected chi connectivity index (χ0v) is 23.2. The van der Waals surface area contributed by atoms with Crippen LogP contribution in [0.4, 0.5) is 17.1 Å². The second kappa shape index (κ2) is 6.58. The van der Waals surface area contributed by atoms with Crippen LogP contribution in [0.15, 0.2) is 115 Å². The van der Waals surface area contributed by atoms with Gasteiger partial charge >= 0.3 is 0 Å². The maximum atomic E-state index is 6.93. The van der Waals surface area contributed by atoms with Crippen molar-refractivity contribution >= 4 is 39.0 Å². The lowest BCUT2D eigenvalue weighted by atomic mass is 9.75. The van der Waals surface area contributed by atoms with Crippen molar-refractivity contribution in [2.75, 3.05) is 16.8 Å². The van der Waals surface area contributed by atoms with E-state index >= 15 is 0 Å². The van der Waals surface area contributed by atoms with Gasteiger partial charge in [0.1, 0.15) is 17.0 Å². The summed E-state index contributed by atoms with van der Waals surface area (Å²) >= 11 is 0. The Balaban J connectivity index is 1.39. The average Bonchev–Trinajstić information content (AvgIpc) is 3.63. The molecule has 0 aliphatic carbocycles. The highest BCUT2D eigenvalue weighted by atomic mass is 16.5. The van der Waals surface area contributed by atoms with Crippen molar-refractivity contribution < 1.29 is 9.30 Å². The van der Waals surface area contributed by atoms with Crippen LogP contribution in [0.25, 0.3) is 49.9 Å². The van der Waals surface area contributed by atoms with Crippen LogP contribution >= 0.6 is 0 Å². The van der Waals surface area contributed by atoms with Gasteiger partial charge in [-0.3, -0.25) is 0 Å². The summed E-state index contributed by atoms with van der Waals surface area (Å²) in [5.74, 6) is 1.87. The molecule has 43 heavy (non-hydrogen) atoms. The van der Waals surface area contributed by atoms with E-state index in [9.17, 15) is 0 Å². The van der Waals surface area contributed by atoms with Gasteiger partial charge in [0, 0.05) is 23.6 Å². The maximum absolute atomic E-state index is 6.93. The Morgan fingerprint density at radius 2 is 1.35 bits per heavy atom. The SMILES string of the molecule is CN1c2ccccc2N2c3cccc4c3C3(c5c(ccc6c5-n5c7c(cccc7c7ccc[n+]3c75)-c3ccccc3-6)O4)C12. The quantitative estimate of drug-likeness (QED) is 0.179. The summed E-state index contributed by atoms with van der Waals surface area (Å²) in [6, 6.07) is 40.2. The molecule has 2 unspecified atom stereocenters. The molecule has 200 valence electrons. The number of benzene rings is 5. The predicted octanol–water partition coefficient (Wildman–Crippen LogP) is 7.86. The largest absolute Gasteiger partial charge is 0.456 e. The number of hydrogen-bond donors (Lipinski definition) is 0. The Bertz CT molecular complexity index is 2490. The first-order valence-electron chi connectivity index (χ1n) is 15.0. The standard InChI is InChI=1S/C38H23N4O/c1-39-27-14-4-5-15-28(27)41-29-16-7-17-30-32(29)38(37(39)41)33-31(43-30)19-18-25-22-10-3-2-9-21(22)23-11-6-12-24-26-13-8-20-40(38)36(26)42(34(23)24)35(25)33/h2-20,37H,1H3/q+1. The van der Waals surface area contributed by atoms with E-state index in [0.717, 1.165) is 11.5 Å². The molecular weight excluding hydrogens is 528 g/mol. The molecule has 5 aromatic carbocycles. The third-order valence-corrected chi connectivity index (χ3v) is 10.7. The van der Waals surface area contributed by atoms with Gasteiger partial charge in [0.25, 0.3) is 5.65 Å². The molecule has 1 spiro atoms. The molecule has 0 saturated heterocycles. The van der Waals surface area contributed by atoms with Crippen LogP contribution in [0.5, 0.6) is 11.5 Å². The number of likely N-dealkylation sites (N-methyl/N-ethyl adjacent to an activating group) is 1. The second-order valence-electron chi connectivity index (χ2n) is 12.4. The summed E-state index contributed by atoms with van der Waals surface area (Å²) in [6.07, 6.45) is 2.30. The fraction of sp³-hybridized carbons (Fsp3) is 0.0789.